The zero-order chi connectivity index (χ0) is 8.93. The van der Waals surface area contributed by atoms with Gasteiger partial charge in [-0.3, -0.25) is 0 Å². The quantitative estimate of drug-likeness (QED) is 0.817. The summed E-state index contributed by atoms with van der Waals surface area (Å²) < 4.78 is 5.48. The molecule has 0 aliphatic carbocycles. The molecular weight excluding hydrogens is 228 g/mol. The molecule has 0 saturated carbocycles. The first-order valence-corrected chi connectivity index (χ1v) is 4.25. The van der Waals surface area contributed by atoms with E-state index in [-0.39, 0.29) is 19.5 Å². The molecule has 2 aromatic rings. The molecule has 0 aliphatic heterocycles. The second-order valence-electron chi connectivity index (χ2n) is 2.81. The zero-order valence-electron chi connectivity index (χ0n) is 7.94. The van der Waals surface area contributed by atoms with Gasteiger partial charge in [0.15, 0.2) is 5.88 Å². The number of hydrogen-bond donors (Lipinski definition) is 1. The maximum absolute atomic E-state index is 5.48. The van der Waals surface area contributed by atoms with Crippen molar-refractivity contribution in [2.75, 3.05) is 0 Å². The number of benzene rings is 1. The summed E-state index contributed by atoms with van der Waals surface area (Å²) >= 11 is 0. The van der Waals surface area contributed by atoms with Crippen LogP contribution in [0.25, 0.3) is 0 Å². The fourth-order valence-electron chi connectivity index (χ4n) is 1.14. The van der Waals surface area contributed by atoms with Crippen LogP contribution in [0.15, 0.2) is 48.7 Å². The van der Waals surface area contributed by atoms with Crippen molar-refractivity contribution in [1.29, 1.82) is 0 Å². The second kappa shape index (κ2) is 5.61. The summed E-state index contributed by atoms with van der Waals surface area (Å²) in [5, 5.41) is 0. The minimum absolute atomic E-state index is 0. The number of aromatic nitrogens is 1. The van der Waals surface area contributed by atoms with Gasteiger partial charge in [0.25, 0.3) is 0 Å². The maximum atomic E-state index is 5.48. The van der Waals surface area contributed by atoms with Crippen LogP contribution in [-0.2, 0) is 26.1 Å². The molecule has 0 unspecified atom stereocenters. The van der Waals surface area contributed by atoms with E-state index in [9.17, 15) is 0 Å². The third kappa shape index (κ3) is 3.00. The Kier molecular flexibility index (Phi) is 4.41. The van der Waals surface area contributed by atoms with Gasteiger partial charge in [-0.25, -0.2) is 0 Å². The molecule has 14 heavy (non-hydrogen) atoms. The number of aromatic amines is 1. The summed E-state index contributed by atoms with van der Waals surface area (Å²) in [6.07, 6.45) is 1.85. The van der Waals surface area contributed by atoms with Crippen LogP contribution in [0.3, 0.4) is 0 Å². The first kappa shape index (κ1) is 11.0. The van der Waals surface area contributed by atoms with Gasteiger partial charge in [-0.05, 0) is 17.7 Å². The molecule has 0 fully saturated rings. The molecule has 0 spiro atoms. The number of nitrogens with one attached hydrogen (secondary N) is 1. The minimum atomic E-state index is 0. The molecule has 68 valence electrons. The van der Waals surface area contributed by atoms with E-state index in [4.69, 9.17) is 4.74 Å². The third-order valence-corrected chi connectivity index (χ3v) is 1.81. The van der Waals surface area contributed by atoms with Crippen LogP contribution in [0.1, 0.15) is 5.56 Å². The summed E-state index contributed by atoms with van der Waals surface area (Å²) in [7, 11) is 0. The van der Waals surface area contributed by atoms with E-state index in [0.29, 0.717) is 6.61 Å². The van der Waals surface area contributed by atoms with Gasteiger partial charge in [0.05, 0.1) is 0 Å². The van der Waals surface area contributed by atoms with Gasteiger partial charge in [0.1, 0.15) is 6.61 Å². The Labute approximate surface area is 96.1 Å². The summed E-state index contributed by atoms with van der Waals surface area (Å²) in [4.78, 5) is 2.99. The molecule has 0 saturated heterocycles. The average Bonchev–Trinajstić information content (AvgIpc) is 2.69. The Balaban J connectivity index is 0.000000980. The SMILES string of the molecule is [Zn].c1ccc(COc2ccc[nH]2)cc1. The number of hydrogen-bond acceptors (Lipinski definition) is 1. The van der Waals surface area contributed by atoms with E-state index in [1.54, 1.807) is 0 Å². The second-order valence-corrected chi connectivity index (χ2v) is 2.81. The smallest absolute Gasteiger partial charge is 0.191 e. The van der Waals surface area contributed by atoms with Crippen molar-refractivity contribution in [2.45, 2.75) is 6.61 Å². The Hall–Kier alpha value is -1.08. The fourth-order valence-corrected chi connectivity index (χ4v) is 1.14. The first-order chi connectivity index (χ1) is 6.45. The molecule has 0 radical (unpaired) electrons. The largest absolute Gasteiger partial charge is 0.474 e. The van der Waals surface area contributed by atoms with E-state index >= 15 is 0 Å². The molecule has 0 aliphatic rings. The normalized spacial score (nSPS) is 9.14. The molecule has 1 aromatic heterocycles. The van der Waals surface area contributed by atoms with Crippen molar-refractivity contribution in [2.24, 2.45) is 0 Å². The summed E-state index contributed by atoms with van der Waals surface area (Å²) in [6.45, 7) is 0.612. The molecule has 3 heteroatoms. The molecule has 2 nitrogen and oxygen atoms in total. The Morgan fingerprint density at radius 2 is 1.79 bits per heavy atom. The Morgan fingerprint density at radius 3 is 2.43 bits per heavy atom. The number of ether oxygens (including phenoxy) is 1. The van der Waals surface area contributed by atoms with Crippen LogP contribution < -0.4 is 4.74 Å². The first-order valence-electron chi connectivity index (χ1n) is 4.25. The molecule has 0 amide bonds. The standard InChI is InChI=1S/C11H11NO.Zn/c1-2-5-10(6-3-1)9-13-11-7-4-8-12-11;/h1-8,12H,9H2;. The van der Waals surface area contributed by atoms with E-state index in [1.165, 1.54) is 5.56 Å². The fraction of sp³-hybridized carbons (Fsp3) is 0.0909. The minimum Gasteiger partial charge on any atom is -0.474 e. The number of rotatable bonds is 3. The number of H-pyrrole nitrogens is 1. The monoisotopic (exact) mass is 237 g/mol. The predicted octanol–water partition coefficient (Wildman–Crippen LogP) is 2.59. The van der Waals surface area contributed by atoms with Gasteiger partial charge >= 0.3 is 0 Å². The van der Waals surface area contributed by atoms with Crippen LogP contribution in [0.4, 0.5) is 0 Å². The average molecular weight is 239 g/mol. The summed E-state index contributed by atoms with van der Waals surface area (Å²) in [5.41, 5.74) is 1.18. The van der Waals surface area contributed by atoms with Gasteiger partial charge in [0, 0.05) is 25.7 Å². The maximum Gasteiger partial charge on any atom is 0.191 e. The van der Waals surface area contributed by atoms with Crippen molar-refractivity contribution >= 4 is 0 Å². The Bertz CT molecular complexity index is 345. The summed E-state index contributed by atoms with van der Waals surface area (Å²) in [5.74, 6) is 0.809. The van der Waals surface area contributed by atoms with Gasteiger partial charge in [-0.15, -0.1) is 0 Å². The van der Waals surface area contributed by atoms with Crippen molar-refractivity contribution in [3.8, 4) is 5.88 Å². The van der Waals surface area contributed by atoms with Crippen LogP contribution in [0, 0.1) is 0 Å². The predicted molar refractivity (Wildman–Crippen MR) is 51.6 cm³/mol. The van der Waals surface area contributed by atoms with Gasteiger partial charge in [0.2, 0.25) is 0 Å². The van der Waals surface area contributed by atoms with Crippen LogP contribution in [0.5, 0.6) is 5.88 Å². The van der Waals surface area contributed by atoms with Gasteiger partial charge in [-0.2, -0.15) is 0 Å². The van der Waals surface area contributed by atoms with Crippen molar-refractivity contribution in [3.63, 3.8) is 0 Å². The van der Waals surface area contributed by atoms with Crippen LogP contribution in [0.2, 0.25) is 0 Å². The van der Waals surface area contributed by atoms with Gasteiger partial charge in [-0.1, -0.05) is 30.3 Å². The molecule has 1 N–H and O–H groups in total. The molecule has 0 bridgehead atoms. The van der Waals surface area contributed by atoms with E-state index < -0.39 is 0 Å². The third-order valence-electron chi connectivity index (χ3n) is 1.81. The van der Waals surface area contributed by atoms with E-state index in [2.05, 4.69) is 4.98 Å². The summed E-state index contributed by atoms with van der Waals surface area (Å²) in [6, 6.07) is 13.9. The van der Waals surface area contributed by atoms with Crippen molar-refractivity contribution in [1.82, 2.24) is 4.98 Å². The van der Waals surface area contributed by atoms with Crippen molar-refractivity contribution < 1.29 is 24.2 Å². The van der Waals surface area contributed by atoms with Crippen LogP contribution in [-0.4, -0.2) is 4.98 Å². The van der Waals surface area contributed by atoms with E-state index in [0.717, 1.165) is 5.88 Å². The van der Waals surface area contributed by atoms with Crippen molar-refractivity contribution in [3.05, 3.63) is 54.2 Å². The molecule has 0 atom stereocenters. The Morgan fingerprint density at radius 1 is 1.00 bits per heavy atom. The zero-order valence-corrected chi connectivity index (χ0v) is 10.9. The molecule has 1 heterocycles. The molecular formula is C11H11NOZn. The van der Waals surface area contributed by atoms with Crippen LogP contribution >= 0.6 is 0 Å². The molecule has 2 rings (SSSR count). The van der Waals surface area contributed by atoms with E-state index in [1.807, 2.05) is 48.7 Å². The molecule has 1 aromatic carbocycles. The van der Waals surface area contributed by atoms with Gasteiger partial charge < -0.3 is 9.72 Å². The topological polar surface area (TPSA) is 25.0 Å².